The number of methoxy groups -OCH3 is 2. The van der Waals surface area contributed by atoms with Gasteiger partial charge in [-0.1, -0.05) is 6.07 Å². The number of anilines is 1. The first-order chi connectivity index (χ1) is 13.0. The Labute approximate surface area is 166 Å². The molecule has 0 amide bonds. The summed E-state index contributed by atoms with van der Waals surface area (Å²) in [5.41, 5.74) is 10.6. The molecule has 0 aliphatic heterocycles. The first-order valence-corrected chi connectivity index (χ1v) is 8.98. The fourth-order valence-corrected chi connectivity index (χ4v) is 3.56. The van der Waals surface area contributed by atoms with E-state index in [2.05, 4.69) is 27.0 Å². The van der Waals surface area contributed by atoms with Crippen molar-refractivity contribution in [1.29, 1.82) is 5.26 Å². The van der Waals surface area contributed by atoms with Crippen LogP contribution in [-0.4, -0.2) is 19.2 Å². The van der Waals surface area contributed by atoms with Crippen molar-refractivity contribution in [2.24, 2.45) is 0 Å². The molecule has 0 fully saturated rings. The highest BCUT2D eigenvalue weighted by atomic mass is 79.9. The van der Waals surface area contributed by atoms with Gasteiger partial charge in [0.25, 0.3) is 0 Å². The van der Waals surface area contributed by atoms with Gasteiger partial charge in [0, 0.05) is 11.1 Å². The number of nitrogen functional groups attached to an aromatic ring is 1. The lowest BCUT2D eigenvalue weighted by Gasteiger charge is -2.16. The Morgan fingerprint density at radius 1 is 1.04 bits per heavy atom. The van der Waals surface area contributed by atoms with Crippen LogP contribution < -0.4 is 15.2 Å². The summed E-state index contributed by atoms with van der Waals surface area (Å²) in [7, 11) is 3.23. The van der Waals surface area contributed by atoms with E-state index in [9.17, 15) is 5.26 Å². The summed E-state index contributed by atoms with van der Waals surface area (Å²) in [4.78, 5) is 4.49. The van der Waals surface area contributed by atoms with Gasteiger partial charge in [0.05, 0.1) is 24.4 Å². The Morgan fingerprint density at radius 3 is 2.26 bits per heavy atom. The van der Waals surface area contributed by atoms with Gasteiger partial charge in [-0.15, -0.1) is 0 Å². The molecule has 3 aromatic rings. The van der Waals surface area contributed by atoms with Gasteiger partial charge in [-0.2, -0.15) is 5.26 Å². The predicted molar refractivity (Wildman–Crippen MR) is 110 cm³/mol. The smallest absolute Gasteiger partial charge is 0.142 e. The highest BCUT2D eigenvalue weighted by Gasteiger charge is 2.19. The Balaban J connectivity index is 2.25. The average Bonchev–Trinajstić information content (AvgIpc) is 2.69. The number of hydrogen-bond donors (Lipinski definition) is 1. The largest absolute Gasteiger partial charge is 0.497 e. The Bertz CT molecular complexity index is 1040. The number of rotatable bonds is 4. The maximum Gasteiger partial charge on any atom is 0.142 e. The van der Waals surface area contributed by atoms with Crippen molar-refractivity contribution >= 4 is 21.7 Å². The number of ether oxygens (including phenoxy) is 2. The van der Waals surface area contributed by atoms with Crippen molar-refractivity contribution in [2.75, 3.05) is 20.0 Å². The lowest BCUT2D eigenvalue weighted by molar-refractivity contribution is 0.412. The van der Waals surface area contributed by atoms with Crippen LogP contribution in [0.3, 0.4) is 0 Å². The molecule has 136 valence electrons. The van der Waals surface area contributed by atoms with Gasteiger partial charge in [-0.25, -0.2) is 4.98 Å². The van der Waals surface area contributed by atoms with E-state index in [-0.39, 0.29) is 5.82 Å². The van der Waals surface area contributed by atoms with E-state index in [0.717, 1.165) is 38.2 Å². The highest BCUT2D eigenvalue weighted by molar-refractivity contribution is 9.10. The maximum atomic E-state index is 9.66. The molecule has 0 aliphatic carbocycles. The lowest BCUT2D eigenvalue weighted by Crippen LogP contribution is -2.03. The first-order valence-electron chi connectivity index (χ1n) is 8.18. The number of nitriles is 1. The quantitative estimate of drug-likeness (QED) is 0.641. The zero-order valence-electron chi connectivity index (χ0n) is 15.2. The third kappa shape index (κ3) is 3.46. The Morgan fingerprint density at radius 2 is 1.70 bits per heavy atom. The van der Waals surface area contributed by atoms with Gasteiger partial charge in [-0.3, -0.25) is 0 Å². The molecule has 27 heavy (non-hydrogen) atoms. The summed E-state index contributed by atoms with van der Waals surface area (Å²) in [6.07, 6.45) is 0. The van der Waals surface area contributed by atoms with E-state index in [1.54, 1.807) is 14.2 Å². The van der Waals surface area contributed by atoms with Crippen molar-refractivity contribution in [3.05, 3.63) is 58.1 Å². The van der Waals surface area contributed by atoms with Crippen LogP contribution in [-0.2, 0) is 0 Å². The molecule has 0 unspecified atom stereocenters. The minimum absolute atomic E-state index is 0.204. The molecule has 6 heteroatoms. The summed E-state index contributed by atoms with van der Waals surface area (Å²) >= 11 is 3.50. The van der Waals surface area contributed by atoms with Gasteiger partial charge in [0.2, 0.25) is 0 Å². The molecule has 1 heterocycles. The molecule has 3 rings (SSSR count). The van der Waals surface area contributed by atoms with E-state index >= 15 is 0 Å². The van der Waals surface area contributed by atoms with Crippen molar-refractivity contribution in [3.63, 3.8) is 0 Å². The minimum Gasteiger partial charge on any atom is -0.497 e. The number of nitrogens with two attached hydrogens (primary N) is 1. The van der Waals surface area contributed by atoms with Crippen LogP contribution in [0, 0.1) is 18.3 Å². The van der Waals surface area contributed by atoms with Crippen LogP contribution >= 0.6 is 15.9 Å². The van der Waals surface area contributed by atoms with Gasteiger partial charge in [0.1, 0.15) is 28.9 Å². The highest BCUT2D eigenvalue weighted by Crippen LogP contribution is 2.38. The molecule has 0 aliphatic rings. The lowest BCUT2D eigenvalue weighted by atomic mass is 9.93. The Kier molecular flexibility index (Phi) is 5.33. The summed E-state index contributed by atoms with van der Waals surface area (Å²) < 4.78 is 11.3. The SMILES string of the molecule is COc1ccc(-c2nc(N)c(C#N)c(-c3ccc(OC)c(Br)c3)c2C)cc1. The number of halogens is 1. The molecular formula is C21H18BrN3O2. The standard InChI is InChI=1S/C21H18BrN3O2/c1-12-19(14-6-9-18(27-3)17(22)10-14)16(11-23)21(24)25-20(12)13-4-7-15(26-2)8-5-13/h4-10H,1-3H3,(H2,24,25). The molecule has 0 spiro atoms. The first kappa shape index (κ1) is 18.7. The molecule has 2 N–H and O–H groups in total. The fourth-order valence-electron chi connectivity index (χ4n) is 3.02. The van der Waals surface area contributed by atoms with Crippen LogP contribution in [0.15, 0.2) is 46.9 Å². The van der Waals surface area contributed by atoms with Crippen molar-refractivity contribution in [1.82, 2.24) is 4.98 Å². The van der Waals surface area contributed by atoms with E-state index < -0.39 is 0 Å². The maximum absolute atomic E-state index is 9.66. The molecular weight excluding hydrogens is 406 g/mol. The van der Waals surface area contributed by atoms with E-state index in [1.807, 2.05) is 49.4 Å². The van der Waals surface area contributed by atoms with Crippen molar-refractivity contribution in [3.8, 4) is 40.0 Å². The normalized spacial score (nSPS) is 10.3. The van der Waals surface area contributed by atoms with Gasteiger partial charge < -0.3 is 15.2 Å². The van der Waals surface area contributed by atoms with Crippen molar-refractivity contribution < 1.29 is 9.47 Å². The predicted octanol–water partition coefficient (Wildman–Crippen LogP) is 4.96. The summed E-state index contributed by atoms with van der Waals surface area (Å²) in [5, 5.41) is 9.66. The van der Waals surface area contributed by atoms with E-state index in [0.29, 0.717) is 11.3 Å². The zero-order chi connectivity index (χ0) is 19.6. The number of nitrogens with zero attached hydrogens (tertiary/aromatic N) is 2. The van der Waals surface area contributed by atoms with Crippen LogP contribution in [0.5, 0.6) is 11.5 Å². The summed E-state index contributed by atoms with van der Waals surface area (Å²) in [6.45, 7) is 1.94. The van der Waals surface area contributed by atoms with Gasteiger partial charge in [-0.05, 0) is 70.4 Å². The third-order valence-electron chi connectivity index (χ3n) is 4.38. The van der Waals surface area contributed by atoms with Crippen LogP contribution in [0.2, 0.25) is 0 Å². The molecule has 0 radical (unpaired) electrons. The van der Waals surface area contributed by atoms with Gasteiger partial charge >= 0.3 is 0 Å². The van der Waals surface area contributed by atoms with Crippen LogP contribution in [0.1, 0.15) is 11.1 Å². The number of benzene rings is 2. The molecule has 1 aromatic heterocycles. The molecule has 0 saturated heterocycles. The minimum atomic E-state index is 0.204. The molecule has 0 saturated carbocycles. The zero-order valence-corrected chi connectivity index (χ0v) is 16.8. The van der Waals surface area contributed by atoms with Gasteiger partial charge in [0.15, 0.2) is 0 Å². The van der Waals surface area contributed by atoms with Crippen molar-refractivity contribution in [2.45, 2.75) is 6.92 Å². The number of aromatic nitrogens is 1. The molecule has 5 nitrogen and oxygen atoms in total. The topological polar surface area (TPSA) is 81.2 Å². The van der Waals surface area contributed by atoms with E-state index in [4.69, 9.17) is 15.2 Å². The number of pyridine rings is 1. The molecule has 2 aromatic carbocycles. The summed E-state index contributed by atoms with van der Waals surface area (Å²) in [6, 6.07) is 15.5. The molecule has 0 atom stereocenters. The molecule has 0 bridgehead atoms. The second kappa shape index (κ2) is 7.68. The fraction of sp³-hybridized carbons (Fsp3) is 0.143. The van der Waals surface area contributed by atoms with Crippen LogP contribution in [0.4, 0.5) is 5.82 Å². The monoisotopic (exact) mass is 423 g/mol. The third-order valence-corrected chi connectivity index (χ3v) is 5.00. The van der Waals surface area contributed by atoms with E-state index in [1.165, 1.54) is 0 Å². The Hall–Kier alpha value is -3.04. The second-order valence-electron chi connectivity index (χ2n) is 5.91. The average molecular weight is 424 g/mol. The van der Waals surface area contributed by atoms with Crippen LogP contribution in [0.25, 0.3) is 22.4 Å². The number of hydrogen-bond acceptors (Lipinski definition) is 5. The second-order valence-corrected chi connectivity index (χ2v) is 6.76. The summed E-state index contributed by atoms with van der Waals surface area (Å²) in [5.74, 6) is 1.68.